The molecule has 0 spiro atoms. The van der Waals surface area contributed by atoms with Gasteiger partial charge in [0.2, 0.25) is 0 Å². The van der Waals surface area contributed by atoms with Gasteiger partial charge in [-0.05, 0) is 12.5 Å². The standard InChI is InChI=1S/C5H9S2/c1-5-3-6-7(2)4-5/h3H,4H2,1-2H3/q+1. The van der Waals surface area contributed by atoms with E-state index in [2.05, 4.69) is 18.6 Å². The molecular weight excluding hydrogens is 124 g/mol. The van der Waals surface area contributed by atoms with Crippen LogP contribution in [0.5, 0.6) is 0 Å². The average Bonchev–Trinajstić information content (AvgIpc) is 1.87. The van der Waals surface area contributed by atoms with Gasteiger partial charge in [0.1, 0.15) is 22.8 Å². The van der Waals surface area contributed by atoms with E-state index in [-0.39, 0.29) is 0 Å². The Labute approximate surface area is 51.1 Å². The van der Waals surface area contributed by atoms with Crippen LogP contribution in [0.2, 0.25) is 0 Å². The van der Waals surface area contributed by atoms with Gasteiger partial charge in [0, 0.05) is 5.41 Å². The van der Waals surface area contributed by atoms with Crippen LogP contribution >= 0.6 is 10.8 Å². The van der Waals surface area contributed by atoms with Gasteiger partial charge in [-0.3, -0.25) is 0 Å². The normalized spacial score (nSPS) is 30.6. The zero-order valence-corrected chi connectivity index (χ0v) is 6.23. The highest BCUT2D eigenvalue weighted by Gasteiger charge is 2.18. The van der Waals surface area contributed by atoms with E-state index in [0.29, 0.717) is 9.93 Å². The summed E-state index contributed by atoms with van der Waals surface area (Å²) in [6.45, 7) is 2.20. The molecule has 0 saturated heterocycles. The molecule has 0 aromatic rings. The van der Waals surface area contributed by atoms with E-state index >= 15 is 0 Å². The van der Waals surface area contributed by atoms with Crippen LogP contribution < -0.4 is 0 Å². The molecular formula is C5H9S2+. The van der Waals surface area contributed by atoms with E-state index in [1.165, 1.54) is 5.75 Å². The van der Waals surface area contributed by atoms with Crippen molar-refractivity contribution in [2.45, 2.75) is 6.92 Å². The van der Waals surface area contributed by atoms with Gasteiger partial charge in [0.05, 0.1) is 9.93 Å². The van der Waals surface area contributed by atoms with E-state index in [1.807, 2.05) is 10.8 Å². The minimum atomic E-state index is 0.621. The van der Waals surface area contributed by atoms with Crippen molar-refractivity contribution in [2.24, 2.45) is 0 Å². The molecule has 0 aromatic heterocycles. The molecule has 1 rings (SSSR count). The van der Waals surface area contributed by atoms with Gasteiger partial charge < -0.3 is 0 Å². The fraction of sp³-hybridized carbons (Fsp3) is 0.600. The molecule has 0 nitrogen and oxygen atoms in total. The van der Waals surface area contributed by atoms with E-state index in [4.69, 9.17) is 0 Å². The average molecular weight is 133 g/mol. The van der Waals surface area contributed by atoms with E-state index in [9.17, 15) is 0 Å². The molecule has 0 aromatic carbocycles. The van der Waals surface area contributed by atoms with Crippen LogP contribution in [0.3, 0.4) is 0 Å². The second-order valence-corrected chi connectivity index (χ2v) is 5.93. The summed E-state index contributed by atoms with van der Waals surface area (Å²) in [4.78, 5) is 0. The van der Waals surface area contributed by atoms with Crippen molar-refractivity contribution in [3.8, 4) is 0 Å². The van der Waals surface area contributed by atoms with Crippen LogP contribution in [0.1, 0.15) is 6.92 Å². The number of rotatable bonds is 0. The second kappa shape index (κ2) is 2.14. The smallest absolute Gasteiger partial charge is 0.0383 e. The van der Waals surface area contributed by atoms with Gasteiger partial charge in [0.15, 0.2) is 0 Å². The van der Waals surface area contributed by atoms with Crippen LogP contribution in [0.25, 0.3) is 0 Å². The molecule has 1 unspecified atom stereocenters. The Morgan fingerprint density at radius 1 is 1.86 bits per heavy atom. The van der Waals surface area contributed by atoms with Crippen LogP contribution in [0.4, 0.5) is 0 Å². The highest BCUT2D eigenvalue weighted by Crippen LogP contribution is 2.26. The van der Waals surface area contributed by atoms with Crippen LogP contribution in [0, 0.1) is 0 Å². The van der Waals surface area contributed by atoms with Crippen LogP contribution in [-0.4, -0.2) is 12.0 Å². The van der Waals surface area contributed by atoms with Gasteiger partial charge in [-0.2, -0.15) is 0 Å². The van der Waals surface area contributed by atoms with Crippen molar-refractivity contribution < 1.29 is 0 Å². The Balaban J connectivity index is 2.42. The molecule has 1 aliphatic rings. The molecule has 1 heterocycles. The van der Waals surface area contributed by atoms with Crippen molar-refractivity contribution in [3.63, 3.8) is 0 Å². The molecule has 40 valence electrons. The Morgan fingerprint density at radius 3 is 2.71 bits per heavy atom. The quantitative estimate of drug-likeness (QED) is 0.359. The SMILES string of the molecule is CC1=CS[S+](C)C1. The molecule has 0 aliphatic carbocycles. The fourth-order valence-electron chi connectivity index (χ4n) is 0.553. The monoisotopic (exact) mass is 133 g/mol. The second-order valence-electron chi connectivity index (χ2n) is 1.78. The topological polar surface area (TPSA) is 0 Å². The minimum Gasteiger partial charge on any atom is -0.0383 e. The first-order chi connectivity index (χ1) is 3.29. The predicted octanol–water partition coefficient (Wildman–Crippen LogP) is 1.80. The Hall–Kier alpha value is 0.440. The minimum absolute atomic E-state index is 0.621. The lowest BCUT2D eigenvalue weighted by molar-refractivity contribution is 1.44. The molecule has 7 heavy (non-hydrogen) atoms. The number of hydrogen-bond donors (Lipinski definition) is 0. The van der Waals surface area contributed by atoms with Crippen molar-refractivity contribution >= 4 is 20.7 Å². The van der Waals surface area contributed by atoms with Gasteiger partial charge in [-0.1, -0.05) is 0 Å². The zero-order chi connectivity index (χ0) is 5.28. The van der Waals surface area contributed by atoms with Gasteiger partial charge >= 0.3 is 0 Å². The molecule has 2 heteroatoms. The first-order valence-electron chi connectivity index (χ1n) is 2.24. The molecule has 0 radical (unpaired) electrons. The Bertz CT molecular complexity index is 96.3. The van der Waals surface area contributed by atoms with E-state index in [0.717, 1.165) is 0 Å². The van der Waals surface area contributed by atoms with Gasteiger partial charge in [-0.15, -0.1) is 0 Å². The molecule has 0 N–H and O–H groups in total. The predicted molar refractivity (Wildman–Crippen MR) is 39.5 cm³/mol. The molecule has 1 atom stereocenters. The summed E-state index contributed by atoms with van der Waals surface area (Å²) in [7, 11) is 2.59. The highest BCUT2D eigenvalue weighted by molar-refractivity contribution is 8.75. The largest absolute Gasteiger partial charge is 0.142 e. The third kappa shape index (κ3) is 1.42. The van der Waals surface area contributed by atoms with Crippen molar-refractivity contribution in [3.05, 3.63) is 11.0 Å². The summed E-state index contributed by atoms with van der Waals surface area (Å²) in [5, 5.41) is 2.27. The van der Waals surface area contributed by atoms with Crippen molar-refractivity contribution in [1.82, 2.24) is 0 Å². The van der Waals surface area contributed by atoms with Crippen LogP contribution in [0.15, 0.2) is 11.0 Å². The lowest BCUT2D eigenvalue weighted by Gasteiger charge is -1.82. The van der Waals surface area contributed by atoms with Crippen molar-refractivity contribution in [2.75, 3.05) is 12.0 Å². The highest BCUT2D eigenvalue weighted by atomic mass is 33.1. The van der Waals surface area contributed by atoms with Crippen LogP contribution in [-0.2, 0) is 9.93 Å². The first-order valence-corrected chi connectivity index (χ1v) is 5.44. The molecule has 0 fully saturated rings. The molecule has 0 saturated carbocycles. The third-order valence-electron chi connectivity index (χ3n) is 0.844. The van der Waals surface area contributed by atoms with E-state index in [1.54, 1.807) is 5.57 Å². The maximum atomic E-state index is 2.29. The first kappa shape index (κ1) is 5.57. The maximum absolute atomic E-state index is 2.29. The van der Waals surface area contributed by atoms with Gasteiger partial charge in [-0.25, -0.2) is 0 Å². The maximum Gasteiger partial charge on any atom is 0.142 e. The van der Waals surface area contributed by atoms with E-state index < -0.39 is 0 Å². The zero-order valence-electron chi connectivity index (χ0n) is 4.60. The summed E-state index contributed by atoms with van der Waals surface area (Å²) in [5.74, 6) is 1.32. The van der Waals surface area contributed by atoms with Gasteiger partial charge in [0.25, 0.3) is 0 Å². The van der Waals surface area contributed by atoms with Crippen molar-refractivity contribution in [1.29, 1.82) is 0 Å². The Morgan fingerprint density at radius 2 is 2.57 bits per heavy atom. The third-order valence-corrected chi connectivity index (χ3v) is 4.16. The molecule has 0 amide bonds. The summed E-state index contributed by atoms with van der Waals surface area (Å²) in [5.41, 5.74) is 1.55. The summed E-state index contributed by atoms with van der Waals surface area (Å²) < 4.78 is 0. The summed E-state index contributed by atoms with van der Waals surface area (Å²) >= 11 is 0. The lowest BCUT2D eigenvalue weighted by Crippen LogP contribution is -1.91. The molecule has 1 aliphatic heterocycles. The summed E-state index contributed by atoms with van der Waals surface area (Å²) in [6.07, 6.45) is 2.29. The fourth-order valence-corrected chi connectivity index (χ4v) is 3.61. The lowest BCUT2D eigenvalue weighted by atomic mass is 10.4. The Kier molecular flexibility index (Phi) is 1.70. The molecule has 0 bridgehead atoms. The summed E-state index contributed by atoms with van der Waals surface area (Å²) in [6, 6.07) is 0. The number of hydrogen-bond acceptors (Lipinski definition) is 1.